The van der Waals surface area contributed by atoms with Crippen molar-refractivity contribution in [2.75, 3.05) is 32.7 Å². The van der Waals surface area contributed by atoms with Gasteiger partial charge in [-0.3, -0.25) is 9.69 Å². The largest absolute Gasteiger partial charge is 0.467 e. The Morgan fingerprint density at radius 1 is 1.21 bits per heavy atom. The second-order valence-electron chi connectivity index (χ2n) is 6.56. The number of nitrogens with one attached hydrogen (secondary N) is 1. The highest BCUT2D eigenvalue weighted by molar-refractivity contribution is 7.89. The fourth-order valence-electron chi connectivity index (χ4n) is 3.05. The summed E-state index contributed by atoms with van der Waals surface area (Å²) < 4.78 is 58.4. The van der Waals surface area contributed by atoms with Crippen LogP contribution < -0.4 is 5.32 Å². The fourth-order valence-corrected chi connectivity index (χ4v) is 4.52. The molecular formula is C18H21F2N3O4S. The van der Waals surface area contributed by atoms with Crippen molar-refractivity contribution >= 4 is 15.9 Å². The molecule has 10 heteroatoms. The minimum Gasteiger partial charge on any atom is -0.467 e. The summed E-state index contributed by atoms with van der Waals surface area (Å²) in [6, 6.07) is 5.62. The van der Waals surface area contributed by atoms with Crippen molar-refractivity contribution < 1.29 is 26.4 Å². The van der Waals surface area contributed by atoms with E-state index in [1.54, 1.807) is 19.1 Å². The predicted molar refractivity (Wildman–Crippen MR) is 96.8 cm³/mol. The van der Waals surface area contributed by atoms with Crippen molar-refractivity contribution in [1.29, 1.82) is 0 Å². The van der Waals surface area contributed by atoms with Gasteiger partial charge in [-0.1, -0.05) is 0 Å². The number of carbonyl (C=O) groups is 1. The summed E-state index contributed by atoms with van der Waals surface area (Å²) in [5, 5.41) is 2.82. The van der Waals surface area contributed by atoms with Crippen LogP contribution >= 0.6 is 0 Å². The van der Waals surface area contributed by atoms with Crippen LogP contribution in [0.2, 0.25) is 0 Å². The van der Waals surface area contributed by atoms with Gasteiger partial charge in [-0.15, -0.1) is 0 Å². The molecule has 0 saturated carbocycles. The number of hydrogen-bond acceptors (Lipinski definition) is 5. The molecule has 0 radical (unpaired) electrons. The zero-order chi connectivity index (χ0) is 20.3. The second kappa shape index (κ2) is 8.38. The first-order chi connectivity index (χ1) is 13.3. The van der Waals surface area contributed by atoms with Crippen molar-refractivity contribution in [2.45, 2.75) is 17.9 Å². The van der Waals surface area contributed by atoms with Gasteiger partial charge < -0.3 is 9.73 Å². The lowest BCUT2D eigenvalue weighted by molar-refractivity contribution is -0.123. The zero-order valence-corrected chi connectivity index (χ0v) is 16.1. The van der Waals surface area contributed by atoms with Crippen LogP contribution in [0.1, 0.15) is 18.7 Å². The van der Waals surface area contributed by atoms with Gasteiger partial charge in [-0.25, -0.2) is 17.2 Å². The highest BCUT2D eigenvalue weighted by atomic mass is 32.2. The van der Waals surface area contributed by atoms with Crippen molar-refractivity contribution in [3.8, 4) is 0 Å². The van der Waals surface area contributed by atoms with Gasteiger partial charge in [0.25, 0.3) is 0 Å². The molecule has 0 aliphatic carbocycles. The highest BCUT2D eigenvalue weighted by Crippen LogP contribution is 2.21. The number of carbonyl (C=O) groups excluding carboxylic acids is 1. The van der Waals surface area contributed by atoms with E-state index < -0.39 is 26.6 Å². The number of rotatable bonds is 6. The van der Waals surface area contributed by atoms with E-state index in [0.717, 1.165) is 16.4 Å². The van der Waals surface area contributed by atoms with Crippen LogP contribution in [0.5, 0.6) is 0 Å². The Morgan fingerprint density at radius 2 is 1.93 bits per heavy atom. The molecule has 0 bridgehead atoms. The minimum absolute atomic E-state index is 0.111. The van der Waals surface area contributed by atoms with E-state index in [4.69, 9.17) is 4.42 Å². The topological polar surface area (TPSA) is 82.9 Å². The number of sulfonamides is 1. The van der Waals surface area contributed by atoms with Crippen LogP contribution in [0.4, 0.5) is 8.78 Å². The molecular weight excluding hydrogens is 392 g/mol. The lowest BCUT2D eigenvalue weighted by Crippen LogP contribution is -2.51. The smallest absolute Gasteiger partial charge is 0.246 e. The number of hydrogen-bond donors (Lipinski definition) is 1. The Morgan fingerprint density at radius 3 is 2.54 bits per heavy atom. The minimum atomic E-state index is -4.06. The Labute approximate surface area is 162 Å². The first-order valence-corrected chi connectivity index (χ1v) is 10.2. The average Bonchev–Trinajstić information content (AvgIpc) is 3.16. The van der Waals surface area contributed by atoms with E-state index in [2.05, 4.69) is 5.32 Å². The molecule has 152 valence electrons. The van der Waals surface area contributed by atoms with E-state index >= 15 is 0 Å². The summed E-state index contributed by atoms with van der Waals surface area (Å²) in [5.41, 5.74) is 0. The molecule has 1 atom stereocenters. The number of furan rings is 1. The van der Waals surface area contributed by atoms with E-state index in [-0.39, 0.29) is 31.6 Å². The summed E-state index contributed by atoms with van der Waals surface area (Å²) in [6.07, 6.45) is 1.53. The summed E-state index contributed by atoms with van der Waals surface area (Å²) in [6.45, 7) is 2.79. The summed E-state index contributed by atoms with van der Waals surface area (Å²) in [4.78, 5) is 13.4. The molecule has 1 saturated heterocycles. The SMILES string of the molecule is C[C@@H](NC(=O)CN1CCN(S(=O)(=O)c2ccc(F)cc2F)CC1)c1ccco1. The predicted octanol–water partition coefficient (Wildman–Crippen LogP) is 1.74. The second-order valence-corrected chi connectivity index (χ2v) is 8.47. The molecule has 2 heterocycles. The molecule has 3 rings (SSSR count). The Hall–Kier alpha value is -2.30. The van der Waals surface area contributed by atoms with Gasteiger partial charge in [0.1, 0.15) is 22.3 Å². The summed E-state index contributed by atoms with van der Waals surface area (Å²) in [5.74, 6) is -1.51. The van der Waals surface area contributed by atoms with Crippen molar-refractivity contribution in [3.05, 3.63) is 54.0 Å². The molecule has 2 aromatic rings. The van der Waals surface area contributed by atoms with Crippen LogP contribution in [0, 0.1) is 11.6 Å². The quantitative estimate of drug-likeness (QED) is 0.780. The maximum atomic E-state index is 13.9. The standard InChI is InChI=1S/C18H21F2N3O4S/c1-13(16-3-2-10-27-16)21-18(24)12-22-6-8-23(9-7-22)28(25,26)17-5-4-14(19)11-15(17)20/h2-5,10-11,13H,6-9,12H2,1H3,(H,21,24)/t13-/m1/s1. The number of benzene rings is 1. The average molecular weight is 413 g/mol. The van der Waals surface area contributed by atoms with E-state index in [0.29, 0.717) is 24.9 Å². The molecule has 0 spiro atoms. The van der Waals surface area contributed by atoms with Crippen LogP contribution in [0.25, 0.3) is 0 Å². The first-order valence-electron chi connectivity index (χ1n) is 8.77. The third-order valence-electron chi connectivity index (χ3n) is 4.56. The maximum absolute atomic E-state index is 13.9. The van der Waals surface area contributed by atoms with Crippen LogP contribution in [-0.4, -0.2) is 56.3 Å². The molecule has 1 fully saturated rings. The monoisotopic (exact) mass is 413 g/mol. The van der Waals surface area contributed by atoms with Crippen molar-refractivity contribution in [1.82, 2.24) is 14.5 Å². The zero-order valence-electron chi connectivity index (χ0n) is 15.3. The van der Waals surface area contributed by atoms with Crippen LogP contribution in [0.15, 0.2) is 45.9 Å². The van der Waals surface area contributed by atoms with Gasteiger partial charge >= 0.3 is 0 Å². The molecule has 1 amide bonds. The molecule has 1 aliphatic rings. The Bertz CT molecular complexity index is 926. The van der Waals surface area contributed by atoms with Gasteiger partial charge in [0.2, 0.25) is 15.9 Å². The molecule has 1 aromatic heterocycles. The van der Waals surface area contributed by atoms with Crippen LogP contribution in [0.3, 0.4) is 0 Å². The number of halogens is 2. The molecule has 0 unspecified atom stereocenters. The van der Waals surface area contributed by atoms with Gasteiger partial charge in [0, 0.05) is 32.2 Å². The van der Waals surface area contributed by atoms with Crippen molar-refractivity contribution in [3.63, 3.8) is 0 Å². The van der Waals surface area contributed by atoms with Gasteiger partial charge in [0.05, 0.1) is 18.8 Å². The third-order valence-corrected chi connectivity index (χ3v) is 6.49. The first kappa shape index (κ1) is 20.4. The lowest BCUT2D eigenvalue weighted by atomic mass is 10.2. The molecule has 28 heavy (non-hydrogen) atoms. The Balaban J connectivity index is 1.54. The van der Waals surface area contributed by atoms with Crippen molar-refractivity contribution in [2.24, 2.45) is 0 Å². The van der Waals surface area contributed by atoms with E-state index in [9.17, 15) is 22.0 Å². The maximum Gasteiger partial charge on any atom is 0.246 e. The van der Waals surface area contributed by atoms with Gasteiger partial charge in [0.15, 0.2) is 0 Å². The van der Waals surface area contributed by atoms with Gasteiger partial charge in [-0.2, -0.15) is 4.31 Å². The fraction of sp³-hybridized carbons (Fsp3) is 0.389. The molecule has 1 aromatic carbocycles. The van der Waals surface area contributed by atoms with E-state index in [1.807, 2.05) is 4.90 Å². The number of piperazine rings is 1. The summed E-state index contributed by atoms with van der Waals surface area (Å²) >= 11 is 0. The lowest BCUT2D eigenvalue weighted by Gasteiger charge is -2.33. The molecule has 1 aliphatic heterocycles. The highest BCUT2D eigenvalue weighted by Gasteiger charge is 2.31. The third kappa shape index (κ3) is 4.57. The van der Waals surface area contributed by atoms with Crippen LogP contribution in [-0.2, 0) is 14.8 Å². The number of amides is 1. The van der Waals surface area contributed by atoms with Gasteiger partial charge in [-0.05, 0) is 31.2 Å². The normalized spacial score (nSPS) is 17.4. The molecule has 7 nitrogen and oxygen atoms in total. The Kier molecular flexibility index (Phi) is 6.11. The van der Waals surface area contributed by atoms with E-state index in [1.165, 1.54) is 6.26 Å². The number of nitrogens with zero attached hydrogens (tertiary/aromatic N) is 2. The summed E-state index contributed by atoms with van der Waals surface area (Å²) in [7, 11) is -4.06. The molecule has 1 N–H and O–H groups in total.